The number of likely N-dealkylation sites (N-methyl/N-ethyl adjacent to an activating group) is 1. The fourth-order valence-corrected chi connectivity index (χ4v) is 2.81. The van der Waals surface area contributed by atoms with Crippen LogP contribution in [0.25, 0.3) is 0 Å². The van der Waals surface area contributed by atoms with Gasteiger partial charge in [0.1, 0.15) is 0 Å². The molecule has 1 heterocycles. The van der Waals surface area contributed by atoms with Crippen molar-refractivity contribution in [2.45, 2.75) is 26.3 Å². The summed E-state index contributed by atoms with van der Waals surface area (Å²) in [7, 11) is 2.04. The molecule has 0 bridgehead atoms. The average Bonchev–Trinajstić information content (AvgIpc) is 2.84. The van der Waals surface area contributed by atoms with Gasteiger partial charge in [0.2, 0.25) is 0 Å². The van der Waals surface area contributed by atoms with E-state index in [-0.39, 0.29) is 0 Å². The van der Waals surface area contributed by atoms with E-state index in [1.165, 1.54) is 22.3 Å². The Balaban J connectivity index is 2.21. The van der Waals surface area contributed by atoms with Crippen LogP contribution in [0.5, 0.6) is 0 Å². The summed E-state index contributed by atoms with van der Waals surface area (Å²) in [5, 5.41) is 7.78. The van der Waals surface area contributed by atoms with Gasteiger partial charge in [0, 0.05) is 6.04 Å². The summed E-state index contributed by atoms with van der Waals surface area (Å²) in [6.45, 7) is 4.34. The van der Waals surface area contributed by atoms with Crippen LogP contribution in [0.2, 0.25) is 0 Å². The number of hydrogen-bond donors (Lipinski definition) is 1. The molecule has 0 spiro atoms. The van der Waals surface area contributed by atoms with E-state index in [0.717, 1.165) is 6.42 Å². The van der Waals surface area contributed by atoms with Gasteiger partial charge in [0.05, 0.1) is 0 Å². The first-order chi connectivity index (χ1) is 8.20. The smallest absolute Gasteiger partial charge is 0.0366 e. The van der Waals surface area contributed by atoms with E-state index in [1.54, 1.807) is 11.3 Å². The molecule has 1 aromatic carbocycles. The number of nitrogens with one attached hydrogen (secondary N) is 1. The largest absolute Gasteiger partial charge is 0.313 e. The van der Waals surface area contributed by atoms with Gasteiger partial charge in [0.15, 0.2) is 0 Å². The van der Waals surface area contributed by atoms with Gasteiger partial charge in [-0.25, -0.2) is 0 Å². The zero-order valence-electron chi connectivity index (χ0n) is 10.7. The number of thiophene rings is 1. The second-order valence-electron chi connectivity index (χ2n) is 4.53. The van der Waals surface area contributed by atoms with Gasteiger partial charge in [-0.2, -0.15) is 11.3 Å². The van der Waals surface area contributed by atoms with E-state index in [9.17, 15) is 0 Å². The van der Waals surface area contributed by atoms with Crippen LogP contribution < -0.4 is 5.32 Å². The molecule has 0 amide bonds. The molecule has 0 aliphatic carbocycles. The fourth-order valence-electron chi connectivity index (χ4n) is 2.10. The first kappa shape index (κ1) is 12.3. The standard InChI is InChI=1S/C15H19NS/c1-11-4-5-12(2)14(8-11)9-15(16-3)13-6-7-17-10-13/h4-8,10,15-16H,9H2,1-3H3. The minimum Gasteiger partial charge on any atom is -0.313 e. The van der Waals surface area contributed by atoms with Crippen molar-refractivity contribution in [3.63, 3.8) is 0 Å². The molecule has 0 saturated carbocycles. The molecule has 17 heavy (non-hydrogen) atoms. The summed E-state index contributed by atoms with van der Waals surface area (Å²) in [4.78, 5) is 0. The highest BCUT2D eigenvalue weighted by Gasteiger charge is 2.11. The Bertz CT molecular complexity index is 474. The van der Waals surface area contributed by atoms with E-state index >= 15 is 0 Å². The summed E-state index contributed by atoms with van der Waals surface area (Å²) < 4.78 is 0. The van der Waals surface area contributed by atoms with Gasteiger partial charge >= 0.3 is 0 Å². The second kappa shape index (κ2) is 5.48. The molecule has 2 aromatic rings. The van der Waals surface area contributed by atoms with Gasteiger partial charge in [0.25, 0.3) is 0 Å². The van der Waals surface area contributed by atoms with Crippen molar-refractivity contribution in [3.05, 3.63) is 57.3 Å². The topological polar surface area (TPSA) is 12.0 Å². The lowest BCUT2D eigenvalue weighted by Gasteiger charge is -2.17. The third kappa shape index (κ3) is 2.96. The lowest BCUT2D eigenvalue weighted by atomic mass is 9.96. The van der Waals surface area contributed by atoms with E-state index in [2.05, 4.69) is 54.2 Å². The predicted molar refractivity (Wildman–Crippen MR) is 75.7 cm³/mol. The Morgan fingerprint density at radius 1 is 1.24 bits per heavy atom. The van der Waals surface area contributed by atoms with E-state index in [4.69, 9.17) is 0 Å². The molecular formula is C15H19NS. The predicted octanol–water partition coefficient (Wildman–Crippen LogP) is 3.87. The summed E-state index contributed by atoms with van der Waals surface area (Å²) in [5.74, 6) is 0. The van der Waals surface area contributed by atoms with Gasteiger partial charge in [-0.3, -0.25) is 0 Å². The summed E-state index contributed by atoms with van der Waals surface area (Å²) in [5.41, 5.74) is 5.55. The molecule has 0 aliphatic heterocycles. The molecule has 0 radical (unpaired) electrons. The van der Waals surface area contributed by atoms with Crippen LogP contribution in [0.15, 0.2) is 35.0 Å². The second-order valence-corrected chi connectivity index (χ2v) is 5.31. The molecule has 1 unspecified atom stereocenters. The van der Waals surface area contributed by atoms with E-state index in [0.29, 0.717) is 6.04 Å². The Kier molecular flexibility index (Phi) is 3.97. The number of hydrogen-bond acceptors (Lipinski definition) is 2. The third-order valence-electron chi connectivity index (χ3n) is 3.22. The number of benzene rings is 1. The molecule has 1 nitrogen and oxygen atoms in total. The molecule has 2 heteroatoms. The van der Waals surface area contributed by atoms with Crippen LogP contribution in [0.4, 0.5) is 0 Å². The molecule has 0 saturated heterocycles. The van der Waals surface area contributed by atoms with Gasteiger partial charge in [-0.1, -0.05) is 23.8 Å². The quantitative estimate of drug-likeness (QED) is 0.862. The first-order valence-corrected chi connectivity index (χ1v) is 6.90. The van der Waals surface area contributed by atoms with Crippen LogP contribution in [0.3, 0.4) is 0 Å². The molecular weight excluding hydrogens is 226 g/mol. The molecule has 0 aliphatic rings. The van der Waals surface area contributed by atoms with E-state index < -0.39 is 0 Å². The molecule has 2 rings (SSSR count). The van der Waals surface area contributed by atoms with Crippen LogP contribution in [-0.2, 0) is 6.42 Å². The summed E-state index contributed by atoms with van der Waals surface area (Å²) in [6, 6.07) is 9.31. The maximum Gasteiger partial charge on any atom is 0.0366 e. The maximum absolute atomic E-state index is 3.41. The average molecular weight is 245 g/mol. The molecule has 90 valence electrons. The number of aryl methyl sites for hydroxylation is 2. The van der Waals surface area contributed by atoms with Gasteiger partial charge in [-0.15, -0.1) is 0 Å². The Labute approximate surface area is 108 Å². The van der Waals surface area contributed by atoms with Crippen LogP contribution in [0.1, 0.15) is 28.3 Å². The van der Waals surface area contributed by atoms with Crippen molar-refractivity contribution in [2.24, 2.45) is 0 Å². The van der Waals surface area contributed by atoms with Crippen molar-refractivity contribution in [1.29, 1.82) is 0 Å². The summed E-state index contributed by atoms with van der Waals surface area (Å²) >= 11 is 1.76. The Morgan fingerprint density at radius 3 is 2.71 bits per heavy atom. The van der Waals surface area contributed by atoms with Crippen molar-refractivity contribution >= 4 is 11.3 Å². The highest BCUT2D eigenvalue weighted by atomic mass is 32.1. The van der Waals surface area contributed by atoms with Crippen molar-refractivity contribution < 1.29 is 0 Å². The van der Waals surface area contributed by atoms with Crippen LogP contribution in [0, 0.1) is 13.8 Å². The Hall–Kier alpha value is -1.12. The minimum atomic E-state index is 0.418. The fraction of sp³-hybridized carbons (Fsp3) is 0.333. The van der Waals surface area contributed by atoms with Crippen molar-refractivity contribution in [3.8, 4) is 0 Å². The lowest BCUT2D eigenvalue weighted by molar-refractivity contribution is 0.592. The number of rotatable bonds is 4. The molecule has 0 fully saturated rings. The van der Waals surface area contributed by atoms with Crippen molar-refractivity contribution in [1.82, 2.24) is 5.32 Å². The maximum atomic E-state index is 3.41. The highest BCUT2D eigenvalue weighted by molar-refractivity contribution is 7.07. The van der Waals surface area contributed by atoms with Crippen LogP contribution >= 0.6 is 11.3 Å². The zero-order chi connectivity index (χ0) is 12.3. The SMILES string of the molecule is CNC(Cc1cc(C)ccc1C)c1ccsc1. The third-order valence-corrected chi connectivity index (χ3v) is 3.92. The highest BCUT2D eigenvalue weighted by Crippen LogP contribution is 2.22. The summed E-state index contributed by atoms with van der Waals surface area (Å²) in [6.07, 6.45) is 1.06. The Morgan fingerprint density at radius 2 is 2.06 bits per heavy atom. The first-order valence-electron chi connectivity index (χ1n) is 5.96. The van der Waals surface area contributed by atoms with Crippen molar-refractivity contribution in [2.75, 3.05) is 7.05 Å². The van der Waals surface area contributed by atoms with E-state index in [1.807, 2.05) is 7.05 Å². The molecule has 1 aromatic heterocycles. The van der Waals surface area contributed by atoms with Gasteiger partial charge in [-0.05, 0) is 60.8 Å². The minimum absolute atomic E-state index is 0.418. The molecule has 1 atom stereocenters. The lowest BCUT2D eigenvalue weighted by Crippen LogP contribution is -2.18. The monoisotopic (exact) mass is 245 g/mol. The zero-order valence-corrected chi connectivity index (χ0v) is 11.5. The normalized spacial score (nSPS) is 12.6. The van der Waals surface area contributed by atoms with Gasteiger partial charge < -0.3 is 5.32 Å². The van der Waals surface area contributed by atoms with Crippen LogP contribution in [-0.4, -0.2) is 7.05 Å². The molecule has 1 N–H and O–H groups in total.